The first-order valence-electron chi connectivity index (χ1n) is 6.49. The Morgan fingerprint density at radius 1 is 1.29 bits per heavy atom. The summed E-state index contributed by atoms with van der Waals surface area (Å²) in [5.74, 6) is 0.470. The highest BCUT2D eigenvalue weighted by molar-refractivity contribution is 7.13. The van der Waals surface area contributed by atoms with E-state index in [0.29, 0.717) is 16.3 Å². The third kappa shape index (κ3) is 2.27. The number of aromatic hydroxyl groups is 1. The number of aliphatic hydroxyl groups is 1. The second-order valence-corrected chi connectivity index (χ2v) is 6.14. The van der Waals surface area contributed by atoms with Crippen LogP contribution in [-0.2, 0) is 0 Å². The van der Waals surface area contributed by atoms with Gasteiger partial charge in [-0.25, -0.2) is 4.98 Å². The fourth-order valence-electron chi connectivity index (χ4n) is 2.27. The average molecular weight is 301 g/mol. The second-order valence-electron chi connectivity index (χ2n) is 4.94. The highest BCUT2D eigenvalue weighted by Gasteiger charge is 2.31. The standard InChI is InChI=1S/C15H15N3O2S/c1-8-9(2)21-15(17-8)13-12(20)7-18(14(13)16)10-4-3-5-11(19)6-10/h3-6,16,19-20H,7H2,1-2H3. The molecule has 1 aromatic heterocycles. The Bertz CT molecular complexity index is 745. The summed E-state index contributed by atoms with van der Waals surface area (Å²) in [5.41, 5.74) is 2.06. The lowest BCUT2D eigenvalue weighted by Crippen LogP contribution is -2.25. The van der Waals surface area contributed by atoms with Crippen LogP contribution in [0.4, 0.5) is 5.69 Å². The van der Waals surface area contributed by atoms with E-state index in [0.717, 1.165) is 10.6 Å². The lowest BCUT2D eigenvalue weighted by Gasteiger charge is -2.18. The van der Waals surface area contributed by atoms with E-state index in [-0.39, 0.29) is 23.9 Å². The lowest BCUT2D eigenvalue weighted by molar-refractivity contribution is 0.411. The smallest absolute Gasteiger partial charge is 0.139 e. The second kappa shape index (κ2) is 4.89. The maximum Gasteiger partial charge on any atom is 0.139 e. The largest absolute Gasteiger partial charge is 0.510 e. The molecule has 3 N–H and O–H groups in total. The molecular weight excluding hydrogens is 286 g/mol. The third-order valence-corrected chi connectivity index (χ3v) is 4.58. The van der Waals surface area contributed by atoms with E-state index in [2.05, 4.69) is 4.98 Å². The number of amidine groups is 1. The molecule has 1 aliphatic rings. The topological polar surface area (TPSA) is 80.4 Å². The number of aryl methyl sites for hydroxylation is 2. The first-order chi connectivity index (χ1) is 9.97. The molecule has 2 heterocycles. The van der Waals surface area contributed by atoms with E-state index in [1.54, 1.807) is 29.2 Å². The van der Waals surface area contributed by atoms with E-state index in [9.17, 15) is 10.2 Å². The van der Waals surface area contributed by atoms with Gasteiger partial charge in [0.05, 0.1) is 17.8 Å². The Balaban J connectivity index is 1.98. The number of benzene rings is 1. The molecule has 2 aromatic rings. The van der Waals surface area contributed by atoms with Crippen molar-refractivity contribution < 1.29 is 10.2 Å². The summed E-state index contributed by atoms with van der Waals surface area (Å²) in [5, 5.41) is 28.8. The Hall–Kier alpha value is -2.34. The van der Waals surface area contributed by atoms with Crippen LogP contribution in [-0.4, -0.2) is 27.6 Å². The minimum Gasteiger partial charge on any atom is -0.510 e. The molecule has 21 heavy (non-hydrogen) atoms. The van der Waals surface area contributed by atoms with Gasteiger partial charge in [0, 0.05) is 16.6 Å². The van der Waals surface area contributed by atoms with Crippen LogP contribution in [0.2, 0.25) is 0 Å². The van der Waals surface area contributed by atoms with Gasteiger partial charge in [0.1, 0.15) is 22.4 Å². The molecule has 0 spiro atoms. The third-order valence-electron chi connectivity index (χ3n) is 3.49. The van der Waals surface area contributed by atoms with E-state index >= 15 is 0 Å². The van der Waals surface area contributed by atoms with Crippen LogP contribution in [0.15, 0.2) is 30.0 Å². The fourth-order valence-corrected chi connectivity index (χ4v) is 3.25. The molecule has 0 bridgehead atoms. The first kappa shape index (κ1) is 13.6. The molecule has 0 radical (unpaired) electrons. The van der Waals surface area contributed by atoms with Crippen LogP contribution in [0.25, 0.3) is 5.57 Å². The number of nitrogens with zero attached hydrogens (tertiary/aromatic N) is 2. The highest BCUT2D eigenvalue weighted by Crippen LogP contribution is 2.34. The number of aromatic nitrogens is 1. The number of hydrogen-bond donors (Lipinski definition) is 3. The van der Waals surface area contributed by atoms with Crippen LogP contribution < -0.4 is 4.90 Å². The van der Waals surface area contributed by atoms with Crippen molar-refractivity contribution >= 4 is 28.4 Å². The molecule has 3 rings (SSSR count). The average Bonchev–Trinajstić information content (AvgIpc) is 2.90. The van der Waals surface area contributed by atoms with E-state index in [1.165, 1.54) is 11.3 Å². The molecule has 0 atom stereocenters. The summed E-state index contributed by atoms with van der Waals surface area (Å²) in [7, 11) is 0. The quantitative estimate of drug-likeness (QED) is 0.795. The van der Waals surface area contributed by atoms with Crippen molar-refractivity contribution in [1.82, 2.24) is 4.98 Å². The number of nitrogens with one attached hydrogen (secondary N) is 1. The van der Waals surface area contributed by atoms with Crippen LogP contribution in [0.1, 0.15) is 15.6 Å². The Morgan fingerprint density at radius 3 is 2.67 bits per heavy atom. The number of rotatable bonds is 2. The molecule has 108 valence electrons. The van der Waals surface area contributed by atoms with Gasteiger partial charge in [0.2, 0.25) is 0 Å². The minimum atomic E-state index is 0.133. The zero-order valence-corrected chi connectivity index (χ0v) is 12.5. The predicted octanol–water partition coefficient (Wildman–Crippen LogP) is 3.23. The maximum absolute atomic E-state index is 10.2. The van der Waals surface area contributed by atoms with Gasteiger partial charge in [-0.2, -0.15) is 0 Å². The maximum atomic E-state index is 10.2. The zero-order chi connectivity index (χ0) is 15.1. The van der Waals surface area contributed by atoms with Crippen molar-refractivity contribution in [3.8, 4) is 5.75 Å². The summed E-state index contributed by atoms with van der Waals surface area (Å²) in [4.78, 5) is 7.15. The molecule has 5 nitrogen and oxygen atoms in total. The number of hydrogen-bond acceptors (Lipinski definition) is 5. The van der Waals surface area contributed by atoms with Crippen LogP contribution in [0, 0.1) is 19.3 Å². The SMILES string of the molecule is Cc1nc(C2=C(O)CN(c3cccc(O)c3)C2=N)sc1C. The number of anilines is 1. The monoisotopic (exact) mass is 301 g/mol. The highest BCUT2D eigenvalue weighted by atomic mass is 32.1. The summed E-state index contributed by atoms with van der Waals surface area (Å²) in [6.45, 7) is 4.10. The Kier molecular flexibility index (Phi) is 3.17. The van der Waals surface area contributed by atoms with Crippen LogP contribution >= 0.6 is 11.3 Å². The van der Waals surface area contributed by atoms with Gasteiger partial charge in [0.25, 0.3) is 0 Å². The molecular formula is C15H15N3O2S. The molecule has 0 fully saturated rings. The normalized spacial score (nSPS) is 15.1. The predicted molar refractivity (Wildman–Crippen MR) is 84.3 cm³/mol. The molecule has 0 saturated heterocycles. The molecule has 0 unspecified atom stereocenters. The van der Waals surface area contributed by atoms with Crippen molar-refractivity contribution in [2.45, 2.75) is 13.8 Å². The Morgan fingerprint density at radius 2 is 2.05 bits per heavy atom. The van der Waals surface area contributed by atoms with Crippen LogP contribution in [0.5, 0.6) is 5.75 Å². The summed E-state index contributed by atoms with van der Waals surface area (Å²) in [6, 6.07) is 6.65. The van der Waals surface area contributed by atoms with Crippen molar-refractivity contribution in [2.75, 3.05) is 11.4 Å². The van der Waals surface area contributed by atoms with Gasteiger partial charge in [-0.3, -0.25) is 5.41 Å². The fraction of sp³-hybridized carbons (Fsp3) is 0.200. The van der Waals surface area contributed by atoms with Gasteiger partial charge in [-0.15, -0.1) is 11.3 Å². The number of thiazole rings is 1. The van der Waals surface area contributed by atoms with Gasteiger partial charge in [0.15, 0.2) is 0 Å². The summed E-state index contributed by atoms with van der Waals surface area (Å²) in [6.07, 6.45) is 0. The molecule has 6 heteroatoms. The van der Waals surface area contributed by atoms with E-state index < -0.39 is 0 Å². The Labute approximate surface area is 126 Å². The van der Waals surface area contributed by atoms with Crippen molar-refractivity contribution in [3.05, 3.63) is 45.6 Å². The van der Waals surface area contributed by atoms with Gasteiger partial charge < -0.3 is 15.1 Å². The zero-order valence-electron chi connectivity index (χ0n) is 11.7. The van der Waals surface area contributed by atoms with Crippen molar-refractivity contribution in [2.24, 2.45) is 0 Å². The summed E-state index contributed by atoms with van der Waals surface area (Å²) < 4.78 is 0. The van der Waals surface area contributed by atoms with Gasteiger partial charge in [-0.05, 0) is 26.0 Å². The molecule has 1 aromatic carbocycles. The minimum absolute atomic E-state index is 0.133. The van der Waals surface area contributed by atoms with Crippen molar-refractivity contribution in [3.63, 3.8) is 0 Å². The summed E-state index contributed by atoms with van der Waals surface area (Å²) >= 11 is 1.47. The molecule has 0 saturated carbocycles. The number of phenols is 1. The van der Waals surface area contributed by atoms with E-state index in [1.807, 2.05) is 13.8 Å². The first-order valence-corrected chi connectivity index (χ1v) is 7.31. The number of aliphatic hydroxyl groups excluding tert-OH is 1. The van der Waals surface area contributed by atoms with Crippen LogP contribution in [0.3, 0.4) is 0 Å². The molecule has 0 aliphatic carbocycles. The lowest BCUT2D eigenvalue weighted by atomic mass is 10.2. The molecule has 0 amide bonds. The number of phenolic OH excluding ortho intramolecular Hbond substituents is 1. The molecule has 1 aliphatic heterocycles. The van der Waals surface area contributed by atoms with Crippen molar-refractivity contribution in [1.29, 1.82) is 5.41 Å². The van der Waals surface area contributed by atoms with E-state index in [4.69, 9.17) is 5.41 Å². The van der Waals surface area contributed by atoms with Gasteiger partial charge >= 0.3 is 0 Å². The van der Waals surface area contributed by atoms with Gasteiger partial charge in [-0.1, -0.05) is 6.07 Å².